The highest BCUT2D eigenvalue weighted by atomic mass is 16.2. The summed E-state index contributed by atoms with van der Waals surface area (Å²) in [5.41, 5.74) is 0.610. The van der Waals surface area contributed by atoms with E-state index in [2.05, 4.69) is 10.6 Å². The summed E-state index contributed by atoms with van der Waals surface area (Å²) in [6.45, 7) is 2.61. The summed E-state index contributed by atoms with van der Waals surface area (Å²) in [7, 11) is 0. The number of ketones is 1. The molecule has 4 heteroatoms. The minimum absolute atomic E-state index is 0.0273. The molecule has 0 aliphatic carbocycles. The summed E-state index contributed by atoms with van der Waals surface area (Å²) < 4.78 is 0. The van der Waals surface area contributed by atoms with E-state index in [0.29, 0.717) is 12.1 Å². The van der Waals surface area contributed by atoms with E-state index in [1.165, 1.54) is 0 Å². The van der Waals surface area contributed by atoms with E-state index < -0.39 is 0 Å². The summed E-state index contributed by atoms with van der Waals surface area (Å²) in [6.07, 6.45) is 0.875. The molecule has 0 saturated carbocycles. The van der Waals surface area contributed by atoms with E-state index in [4.69, 9.17) is 0 Å². The lowest BCUT2D eigenvalue weighted by Gasteiger charge is -2.05. The fourth-order valence-electron chi connectivity index (χ4n) is 1.19. The zero-order valence-electron chi connectivity index (χ0n) is 9.32. The van der Waals surface area contributed by atoms with Crippen LogP contribution < -0.4 is 10.6 Å². The molecule has 1 aromatic rings. The van der Waals surface area contributed by atoms with Crippen molar-refractivity contribution in [3.05, 3.63) is 35.9 Å². The molecule has 0 aliphatic rings. The van der Waals surface area contributed by atoms with Crippen molar-refractivity contribution in [3.63, 3.8) is 0 Å². The zero-order valence-corrected chi connectivity index (χ0v) is 9.32. The lowest BCUT2D eigenvalue weighted by Crippen LogP contribution is -2.38. The molecule has 0 heterocycles. The Morgan fingerprint density at radius 3 is 2.44 bits per heavy atom. The van der Waals surface area contributed by atoms with Crippen LogP contribution >= 0.6 is 0 Å². The summed E-state index contributed by atoms with van der Waals surface area (Å²) in [5, 5.41) is 5.15. The maximum atomic E-state index is 11.6. The first-order valence-corrected chi connectivity index (χ1v) is 5.34. The number of carbonyl (C=O) groups is 2. The van der Waals surface area contributed by atoms with E-state index in [0.717, 1.165) is 6.42 Å². The molecule has 2 amide bonds. The highest BCUT2D eigenvalue weighted by Crippen LogP contribution is 1.98. The molecule has 0 spiro atoms. The topological polar surface area (TPSA) is 58.2 Å². The molecule has 0 radical (unpaired) electrons. The summed E-state index contributed by atoms with van der Waals surface area (Å²) in [6, 6.07) is 8.60. The van der Waals surface area contributed by atoms with Crippen molar-refractivity contribution in [2.45, 2.75) is 13.3 Å². The maximum absolute atomic E-state index is 11.6. The van der Waals surface area contributed by atoms with Gasteiger partial charge >= 0.3 is 6.03 Å². The third-order valence-corrected chi connectivity index (χ3v) is 2.04. The van der Waals surface area contributed by atoms with Gasteiger partial charge in [0.1, 0.15) is 0 Å². The third-order valence-electron chi connectivity index (χ3n) is 2.04. The molecule has 0 saturated heterocycles. The van der Waals surface area contributed by atoms with Crippen molar-refractivity contribution in [2.75, 3.05) is 13.1 Å². The number of hydrogen-bond acceptors (Lipinski definition) is 2. The van der Waals surface area contributed by atoms with Crippen molar-refractivity contribution < 1.29 is 9.59 Å². The maximum Gasteiger partial charge on any atom is 0.315 e. The van der Waals surface area contributed by atoms with Gasteiger partial charge in [-0.3, -0.25) is 4.79 Å². The summed E-state index contributed by atoms with van der Waals surface area (Å²) >= 11 is 0. The van der Waals surface area contributed by atoms with E-state index in [-0.39, 0.29) is 18.4 Å². The molecule has 0 fully saturated rings. The Hall–Kier alpha value is -1.84. The van der Waals surface area contributed by atoms with Crippen molar-refractivity contribution in [3.8, 4) is 0 Å². The van der Waals surface area contributed by atoms with Crippen LogP contribution in [-0.2, 0) is 0 Å². The average molecular weight is 220 g/mol. The molecule has 1 aromatic carbocycles. The highest BCUT2D eigenvalue weighted by Gasteiger charge is 2.06. The number of carbonyl (C=O) groups excluding carboxylic acids is 2. The normalized spacial score (nSPS) is 9.56. The van der Waals surface area contributed by atoms with E-state index in [1.54, 1.807) is 24.3 Å². The van der Waals surface area contributed by atoms with Crippen LogP contribution in [0.15, 0.2) is 30.3 Å². The van der Waals surface area contributed by atoms with Gasteiger partial charge in [-0.05, 0) is 6.42 Å². The molecule has 16 heavy (non-hydrogen) atoms. The minimum Gasteiger partial charge on any atom is -0.338 e. The first-order chi connectivity index (χ1) is 7.74. The lowest BCUT2D eigenvalue weighted by atomic mass is 10.1. The number of hydrogen-bond donors (Lipinski definition) is 2. The van der Waals surface area contributed by atoms with Crippen LogP contribution in [0.2, 0.25) is 0 Å². The van der Waals surface area contributed by atoms with Gasteiger partial charge in [0.15, 0.2) is 5.78 Å². The van der Waals surface area contributed by atoms with Gasteiger partial charge in [0.05, 0.1) is 6.54 Å². The minimum atomic E-state index is -0.300. The Bertz CT molecular complexity index is 349. The Balaban J connectivity index is 2.33. The second kappa shape index (κ2) is 6.61. The predicted molar refractivity (Wildman–Crippen MR) is 62.5 cm³/mol. The van der Waals surface area contributed by atoms with E-state index >= 15 is 0 Å². The summed E-state index contributed by atoms with van der Waals surface area (Å²) in [4.78, 5) is 22.7. The van der Waals surface area contributed by atoms with Gasteiger partial charge in [0.2, 0.25) is 0 Å². The summed E-state index contributed by atoms with van der Waals surface area (Å²) in [5.74, 6) is -0.0905. The SMILES string of the molecule is CCCNC(=O)NCC(=O)c1ccccc1. The molecule has 2 N–H and O–H groups in total. The smallest absolute Gasteiger partial charge is 0.315 e. The first kappa shape index (κ1) is 12.2. The number of Topliss-reactive ketones (excluding diaryl/α,β-unsaturated/α-hetero) is 1. The number of rotatable bonds is 5. The molecule has 0 unspecified atom stereocenters. The van der Waals surface area contributed by atoms with Crippen LogP contribution in [0, 0.1) is 0 Å². The van der Waals surface area contributed by atoms with Gasteiger partial charge in [-0.2, -0.15) is 0 Å². The molecule has 0 aromatic heterocycles. The van der Waals surface area contributed by atoms with Gasteiger partial charge in [-0.1, -0.05) is 37.3 Å². The Morgan fingerprint density at radius 2 is 1.81 bits per heavy atom. The molecule has 86 valence electrons. The fourth-order valence-corrected chi connectivity index (χ4v) is 1.19. The monoisotopic (exact) mass is 220 g/mol. The quantitative estimate of drug-likeness (QED) is 0.740. The van der Waals surface area contributed by atoms with Crippen LogP contribution in [0.25, 0.3) is 0 Å². The average Bonchev–Trinajstić information content (AvgIpc) is 2.34. The predicted octanol–water partition coefficient (Wildman–Crippen LogP) is 1.58. The van der Waals surface area contributed by atoms with Crippen LogP contribution in [0.1, 0.15) is 23.7 Å². The Labute approximate surface area is 95.0 Å². The number of benzene rings is 1. The molecule has 0 atom stereocenters. The molecule has 1 rings (SSSR count). The number of amides is 2. The van der Waals surface area contributed by atoms with E-state index in [9.17, 15) is 9.59 Å². The van der Waals surface area contributed by atoms with Crippen LogP contribution in [-0.4, -0.2) is 24.9 Å². The van der Waals surface area contributed by atoms with Crippen LogP contribution in [0.3, 0.4) is 0 Å². The van der Waals surface area contributed by atoms with Crippen molar-refractivity contribution in [2.24, 2.45) is 0 Å². The fraction of sp³-hybridized carbons (Fsp3) is 0.333. The molecule has 0 bridgehead atoms. The van der Waals surface area contributed by atoms with Gasteiger partial charge in [-0.25, -0.2) is 4.79 Å². The number of nitrogens with one attached hydrogen (secondary N) is 2. The van der Waals surface area contributed by atoms with Gasteiger partial charge in [-0.15, -0.1) is 0 Å². The number of urea groups is 1. The Kier molecular flexibility index (Phi) is 5.05. The highest BCUT2D eigenvalue weighted by molar-refractivity contribution is 5.99. The van der Waals surface area contributed by atoms with E-state index in [1.807, 2.05) is 13.0 Å². The standard InChI is InChI=1S/C12H16N2O2/c1-2-8-13-12(16)14-9-11(15)10-6-4-3-5-7-10/h3-7H,2,8-9H2,1H3,(H2,13,14,16). The molecule has 0 aliphatic heterocycles. The molecular weight excluding hydrogens is 204 g/mol. The van der Waals surface area contributed by atoms with Crippen LogP contribution in [0.4, 0.5) is 4.79 Å². The lowest BCUT2D eigenvalue weighted by molar-refractivity contribution is 0.0992. The Morgan fingerprint density at radius 1 is 1.12 bits per heavy atom. The molecule has 4 nitrogen and oxygen atoms in total. The van der Waals surface area contributed by atoms with Crippen molar-refractivity contribution in [1.82, 2.24) is 10.6 Å². The third kappa shape index (κ3) is 4.13. The zero-order chi connectivity index (χ0) is 11.8. The van der Waals surface area contributed by atoms with Gasteiger partial charge < -0.3 is 10.6 Å². The van der Waals surface area contributed by atoms with Crippen molar-refractivity contribution in [1.29, 1.82) is 0 Å². The van der Waals surface area contributed by atoms with Crippen LogP contribution in [0.5, 0.6) is 0 Å². The second-order valence-corrected chi connectivity index (χ2v) is 3.40. The second-order valence-electron chi connectivity index (χ2n) is 3.40. The molecular formula is C12H16N2O2. The van der Waals surface area contributed by atoms with Crippen molar-refractivity contribution >= 4 is 11.8 Å². The largest absolute Gasteiger partial charge is 0.338 e. The van der Waals surface area contributed by atoms with Gasteiger partial charge in [0, 0.05) is 12.1 Å². The first-order valence-electron chi connectivity index (χ1n) is 5.34. The van der Waals surface area contributed by atoms with Gasteiger partial charge in [0.25, 0.3) is 0 Å².